The van der Waals surface area contributed by atoms with Crippen LogP contribution in [0.2, 0.25) is 5.02 Å². The van der Waals surface area contributed by atoms with E-state index in [4.69, 9.17) is 25.8 Å². The lowest BCUT2D eigenvalue weighted by atomic mass is 10.1. The highest BCUT2D eigenvalue weighted by molar-refractivity contribution is 6.31. The molecule has 1 saturated heterocycles. The molecule has 0 saturated carbocycles. The zero-order valence-corrected chi connectivity index (χ0v) is 11.8. The van der Waals surface area contributed by atoms with Gasteiger partial charge >= 0.3 is 0 Å². The van der Waals surface area contributed by atoms with Gasteiger partial charge in [-0.25, -0.2) is 0 Å². The van der Waals surface area contributed by atoms with Gasteiger partial charge in [0.25, 0.3) is 0 Å². The predicted octanol–water partition coefficient (Wildman–Crippen LogP) is 3.47. The number of aryl methyl sites for hydroxylation is 1. The summed E-state index contributed by atoms with van der Waals surface area (Å²) in [4.78, 5) is 0. The standard InChI is InChI=1S/C14H19ClO3/c1-4-11-12(18-11)6-5-9-7-13(16-2)14(17-3)8-10(9)15/h7-8,11-12H,4-6H2,1-3H3. The van der Waals surface area contributed by atoms with Crippen LogP contribution < -0.4 is 9.47 Å². The van der Waals surface area contributed by atoms with Crippen LogP contribution in [0.25, 0.3) is 0 Å². The fourth-order valence-corrected chi connectivity index (χ4v) is 2.43. The van der Waals surface area contributed by atoms with Gasteiger partial charge in [0, 0.05) is 11.1 Å². The minimum absolute atomic E-state index is 0.402. The molecule has 2 rings (SSSR count). The molecule has 1 aliphatic heterocycles. The number of halogens is 1. The molecule has 0 amide bonds. The Kier molecular flexibility index (Phi) is 4.36. The van der Waals surface area contributed by atoms with Gasteiger partial charge in [0.05, 0.1) is 26.4 Å². The second-order valence-electron chi connectivity index (χ2n) is 4.46. The summed E-state index contributed by atoms with van der Waals surface area (Å²) in [5.41, 5.74) is 1.08. The topological polar surface area (TPSA) is 31.0 Å². The molecule has 3 nitrogen and oxygen atoms in total. The summed E-state index contributed by atoms with van der Waals surface area (Å²) < 4.78 is 16.0. The molecule has 1 heterocycles. The molecule has 1 aromatic rings. The van der Waals surface area contributed by atoms with Crippen molar-refractivity contribution in [3.05, 3.63) is 22.7 Å². The highest BCUT2D eigenvalue weighted by Crippen LogP contribution is 2.35. The van der Waals surface area contributed by atoms with Crippen LogP contribution in [0.5, 0.6) is 11.5 Å². The first-order valence-corrected chi connectivity index (χ1v) is 6.63. The second kappa shape index (κ2) is 5.81. The van der Waals surface area contributed by atoms with E-state index in [-0.39, 0.29) is 0 Å². The molecule has 2 unspecified atom stereocenters. The molecule has 0 N–H and O–H groups in total. The van der Waals surface area contributed by atoms with Gasteiger partial charge in [-0.05, 0) is 30.9 Å². The number of hydrogen-bond donors (Lipinski definition) is 0. The average Bonchev–Trinajstić information content (AvgIpc) is 3.15. The van der Waals surface area contributed by atoms with E-state index in [1.54, 1.807) is 20.3 Å². The average molecular weight is 271 g/mol. The van der Waals surface area contributed by atoms with Gasteiger partial charge in [0.15, 0.2) is 11.5 Å². The first kappa shape index (κ1) is 13.5. The number of epoxide rings is 1. The lowest BCUT2D eigenvalue weighted by Crippen LogP contribution is -1.98. The van der Waals surface area contributed by atoms with Gasteiger partial charge in [-0.2, -0.15) is 0 Å². The first-order chi connectivity index (χ1) is 8.69. The number of methoxy groups -OCH3 is 2. The molecular weight excluding hydrogens is 252 g/mol. The largest absolute Gasteiger partial charge is 0.493 e. The summed E-state index contributed by atoms with van der Waals surface area (Å²) in [6.07, 6.45) is 3.85. The van der Waals surface area contributed by atoms with E-state index >= 15 is 0 Å². The number of hydrogen-bond acceptors (Lipinski definition) is 3. The Hall–Kier alpha value is -0.930. The zero-order valence-electron chi connectivity index (χ0n) is 11.0. The minimum Gasteiger partial charge on any atom is -0.493 e. The van der Waals surface area contributed by atoms with Crippen molar-refractivity contribution in [1.82, 2.24) is 0 Å². The predicted molar refractivity (Wildman–Crippen MR) is 71.8 cm³/mol. The normalized spacial score (nSPS) is 21.8. The molecule has 1 aromatic carbocycles. The molecule has 0 bridgehead atoms. The van der Waals surface area contributed by atoms with Crippen molar-refractivity contribution in [3.8, 4) is 11.5 Å². The molecule has 0 aliphatic carbocycles. The van der Waals surface area contributed by atoms with Crippen LogP contribution in [0.15, 0.2) is 12.1 Å². The van der Waals surface area contributed by atoms with Gasteiger partial charge in [-0.15, -0.1) is 0 Å². The molecule has 18 heavy (non-hydrogen) atoms. The third kappa shape index (κ3) is 2.90. The Morgan fingerprint density at radius 1 is 1.17 bits per heavy atom. The Morgan fingerprint density at radius 3 is 2.39 bits per heavy atom. The molecule has 4 heteroatoms. The van der Waals surface area contributed by atoms with Crippen LogP contribution in [0.3, 0.4) is 0 Å². The van der Waals surface area contributed by atoms with E-state index in [1.165, 1.54) is 0 Å². The Labute approximate surface area is 113 Å². The molecule has 1 aliphatic rings. The number of benzene rings is 1. The Morgan fingerprint density at radius 2 is 1.83 bits per heavy atom. The minimum atomic E-state index is 0.402. The molecule has 0 spiro atoms. The summed E-state index contributed by atoms with van der Waals surface area (Å²) >= 11 is 6.23. The van der Waals surface area contributed by atoms with Crippen molar-refractivity contribution in [3.63, 3.8) is 0 Å². The van der Waals surface area contributed by atoms with Crippen molar-refractivity contribution in [1.29, 1.82) is 0 Å². The quantitative estimate of drug-likeness (QED) is 0.742. The van der Waals surface area contributed by atoms with Crippen molar-refractivity contribution in [2.24, 2.45) is 0 Å². The Bertz CT molecular complexity index is 420. The van der Waals surface area contributed by atoms with Crippen LogP contribution in [-0.4, -0.2) is 26.4 Å². The molecule has 2 atom stereocenters. The van der Waals surface area contributed by atoms with E-state index in [9.17, 15) is 0 Å². The maximum atomic E-state index is 6.23. The number of ether oxygens (including phenoxy) is 3. The second-order valence-corrected chi connectivity index (χ2v) is 4.87. The monoisotopic (exact) mass is 270 g/mol. The van der Waals surface area contributed by atoms with Gasteiger partial charge in [-0.1, -0.05) is 18.5 Å². The van der Waals surface area contributed by atoms with Gasteiger partial charge in [-0.3, -0.25) is 0 Å². The smallest absolute Gasteiger partial charge is 0.162 e. The fourth-order valence-electron chi connectivity index (χ4n) is 2.18. The summed E-state index contributed by atoms with van der Waals surface area (Å²) in [5, 5.41) is 0.723. The fraction of sp³-hybridized carbons (Fsp3) is 0.571. The molecular formula is C14H19ClO3. The lowest BCUT2D eigenvalue weighted by Gasteiger charge is -2.11. The van der Waals surface area contributed by atoms with E-state index in [1.807, 2.05) is 6.07 Å². The van der Waals surface area contributed by atoms with Crippen LogP contribution in [0.4, 0.5) is 0 Å². The molecule has 1 fully saturated rings. The van der Waals surface area contributed by atoms with Gasteiger partial charge < -0.3 is 14.2 Å². The van der Waals surface area contributed by atoms with Crippen molar-refractivity contribution in [2.45, 2.75) is 38.4 Å². The number of rotatable bonds is 6. The molecule has 100 valence electrons. The third-order valence-electron chi connectivity index (χ3n) is 3.34. The van der Waals surface area contributed by atoms with Crippen LogP contribution in [0.1, 0.15) is 25.3 Å². The third-order valence-corrected chi connectivity index (χ3v) is 3.69. The van der Waals surface area contributed by atoms with E-state index in [2.05, 4.69) is 6.92 Å². The molecule has 0 aromatic heterocycles. The highest BCUT2D eigenvalue weighted by Gasteiger charge is 2.36. The SMILES string of the molecule is CCC1OC1CCc1cc(OC)c(OC)cc1Cl. The van der Waals surface area contributed by atoms with Crippen molar-refractivity contribution < 1.29 is 14.2 Å². The van der Waals surface area contributed by atoms with Gasteiger partial charge in [0.2, 0.25) is 0 Å². The van der Waals surface area contributed by atoms with Crippen LogP contribution >= 0.6 is 11.6 Å². The van der Waals surface area contributed by atoms with Crippen molar-refractivity contribution >= 4 is 11.6 Å². The van der Waals surface area contributed by atoms with Gasteiger partial charge in [0.1, 0.15) is 0 Å². The molecule has 0 radical (unpaired) electrons. The van der Waals surface area contributed by atoms with E-state index in [0.29, 0.717) is 18.0 Å². The summed E-state index contributed by atoms with van der Waals surface area (Å²) in [6.45, 7) is 2.15. The maximum absolute atomic E-state index is 6.23. The summed E-state index contributed by atoms with van der Waals surface area (Å²) in [7, 11) is 3.24. The Balaban J connectivity index is 2.03. The van der Waals surface area contributed by atoms with E-state index in [0.717, 1.165) is 35.6 Å². The van der Waals surface area contributed by atoms with Crippen LogP contribution in [0, 0.1) is 0 Å². The van der Waals surface area contributed by atoms with Crippen molar-refractivity contribution in [2.75, 3.05) is 14.2 Å². The summed E-state index contributed by atoms with van der Waals surface area (Å²) in [5.74, 6) is 1.39. The zero-order chi connectivity index (χ0) is 13.1. The lowest BCUT2D eigenvalue weighted by molar-refractivity contribution is 0.353. The maximum Gasteiger partial charge on any atom is 0.162 e. The summed E-state index contributed by atoms with van der Waals surface area (Å²) in [6, 6.07) is 3.76. The van der Waals surface area contributed by atoms with E-state index < -0.39 is 0 Å². The highest BCUT2D eigenvalue weighted by atomic mass is 35.5. The van der Waals surface area contributed by atoms with Crippen LogP contribution in [-0.2, 0) is 11.2 Å². The first-order valence-electron chi connectivity index (χ1n) is 6.25.